The third-order valence-electron chi connectivity index (χ3n) is 3.78. The van der Waals surface area contributed by atoms with E-state index in [0.29, 0.717) is 23.8 Å². The Labute approximate surface area is 145 Å². The molecule has 1 atom stereocenters. The molecule has 3 rings (SSSR count). The Morgan fingerprint density at radius 2 is 2.22 bits per heavy atom. The van der Waals surface area contributed by atoms with Gasteiger partial charge in [-0.3, -0.25) is 0 Å². The monoisotopic (exact) mass is 350 g/mol. The molecule has 2 amide bonds. The molecule has 0 saturated carbocycles. The van der Waals surface area contributed by atoms with Gasteiger partial charge in [-0.2, -0.15) is 0 Å². The lowest BCUT2D eigenvalue weighted by molar-refractivity contribution is 0.0821. The number of hydrogen-bond donors (Lipinski definition) is 1. The van der Waals surface area contributed by atoms with Crippen molar-refractivity contribution < 1.29 is 9.53 Å². The second-order valence-electron chi connectivity index (χ2n) is 5.50. The van der Waals surface area contributed by atoms with Gasteiger partial charge in [-0.25, -0.2) is 4.79 Å². The fourth-order valence-electron chi connectivity index (χ4n) is 2.60. The van der Waals surface area contributed by atoms with E-state index in [9.17, 15) is 4.79 Å². The maximum atomic E-state index is 12.7. The van der Waals surface area contributed by atoms with Crippen molar-refractivity contribution in [3.05, 3.63) is 51.7 Å². The van der Waals surface area contributed by atoms with Gasteiger partial charge in [0.1, 0.15) is 0 Å². The van der Waals surface area contributed by atoms with Crippen LogP contribution in [0.15, 0.2) is 41.8 Å². The van der Waals surface area contributed by atoms with Crippen LogP contribution in [-0.2, 0) is 11.3 Å². The normalized spacial score (nSPS) is 17.2. The van der Waals surface area contributed by atoms with Crippen molar-refractivity contribution in [3.8, 4) is 0 Å². The van der Waals surface area contributed by atoms with Gasteiger partial charge in [0.25, 0.3) is 0 Å². The van der Waals surface area contributed by atoms with Crippen molar-refractivity contribution in [3.63, 3.8) is 0 Å². The van der Waals surface area contributed by atoms with Gasteiger partial charge >= 0.3 is 6.03 Å². The SMILES string of the molecule is O=C(Nc1ccccc1Cl)N(Cc1cccs1)CC1CCCO1. The van der Waals surface area contributed by atoms with Crippen LogP contribution in [-0.4, -0.2) is 30.2 Å². The van der Waals surface area contributed by atoms with Crippen molar-refractivity contribution in [2.24, 2.45) is 0 Å². The molecule has 2 heterocycles. The standard InChI is InChI=1S/C17H19ClN2O2S/c18-15-7-1-2-8-16(15)19-17(21)20(11-13-5-3-9-22-13)12-14-6-4-10-23-14/h1-2,4,6-8,10,13H,3,5,9,11-12H2,(H,19,21). The number of amides is 2. The number of anilines is 1. The maximum Gasteiger partial charge on any atom is 0.322 e. The summed E-state index contributed by atoms with van der Waals surface area (Å²) in [6, 6.07) is 11.1. The molecule has 0 radical (unpaired) electrons. The highest BCUT2D eigenvalue weighted by Gasteiger charge is 2.23. The van der Waals surface area contributed by atoms with Crippen LogP contribution < -0.4 is 5.32 Å². The van der Waals surface area contributed by atoms with Crippen LogP contribution in [0, 0.1) is 0 Å². The molecular weight excluding hydrogens is 332 g/mol. The number of benzene rings is 1. The van der Waals surface area contributed by atoms with Crippen LogP contribution in [0.4, 0.5) is 10.5 Å². The second kappa shape index (κ2) is 7.81. The quantitative estimate of drug-likeness (QED) is 0.855. The van der Waals surface area contributed by atoms with Gasteiger partial charge in [0.05, 0.1) is 23.4 Å². The zero-order chi connectivity index (χ0) is 16.1. The molecule has 0 bridgehead atoms. The first-order valence-corrected chi connectivity index (χ1v) is 8.92. The van der Waals surface area contributed by atoms with E-state index in [1.54, 1.807) is 28.4 Å². The minimum absolute atomic E-state index is 0.118. The number of thiophene rings is 1. The number of ether oxygens (including phenoxy) is 1. The first-order chi connectivity index (χ1) is 11.2. The van der Waals surface area contributed by atoms with Crippen LogP contribution in [0.25, 0.3) is 0 Å². The third kappa shape index (κ3) is 4.47. The highest BCUT2D eigenvalue weighted by Crippen LogP contribution is 2.22. The topological polar surface area (TPSA) is 41.6 Å². The van der Waals surface area contributed by atoms with E-state index in [1.807, 2.05) is 29.6 Å². The summed E-state index contributed by atoms with van der Waals surface area (Å²) < 4.78 is 5.68. The Hall–Kier alpha value is -1.56. The van der Waals surface area contributed by atoms with Gasteiger partial charge in [-0.1, -0.05) is 29.8 Å². The van der Waals surface area contributed by atoms with E-state index in [4.69, 9.17) is 16.3 Å². The Morgan fingerprint density at radius 1 is 1.35 bits per heavy atom. The molecule has 0 spiro atoms. The molecule has 1 fully saturated rings. The Balaban J connectivity index is 1.70. The lowest BCUT2D eigenvalue weighted by atomic mass is 10.2. The molecule has 4 nitrogen and oxygen atoms in total. The zero-order valence-electron chi connectivity index (χ0n) is 12.7. The largest absolute Gasteiger partial charge is 0.376 e. The van der Waals surface area contributed by atoms with Gasteiger partial charge < -0.3 is 15.0 Å². The molecule has 23 heavy (non-hydrogen) atoms. The van der Waals surface area contributed by atoms with E-state index >= 15 is 0 Å². The number of rotatable bonds is 5. The predicted octanol–water partition coefficient (Wildman–Crippen LogP) is 4.61. The van der Waals surface area contributed by atoms with Gasteiger partial charge in [-0.05, 0) is 36.4 Å². The van der Waals surface area contributed by atoms with Crippen LogP contribution in [0.2, 0.25) is 5.02 Å². The van der Waals surface area contributed by atoms with Crippen molar-refractivity contribution in [2.75, 3.05) is 18.5 Å². The summed E-state index contributed by atoms with van der Waals surface area (Å²) in [5.74, 6) is 0. The van der Waals surface area contributed by atoms with Gasteiger partial charge in [0.2, 0.25) is 0 Å². The van der Waals surface area contributed by atoms with Crippen LogP contribution >= 0.6 is 22.9 Å². The molecule has 122 valence electrons. The fraction of sp³-hybridized carbons (Fsp3) is 0.353. The Bertz CT molecular complexity index is 642. The summed E-state index contributed by atoms with van der Waals surface area (Å²) in [6.45, 7) is 1.95. The minimum Gasteiger partial charge on any atom is -0.376 e. The number of nitrogens with one attached hydrogen (secondary N) is 1. The minimum atomic E-state index is -0.151. The third-order valence-corrected chi connectivity index (χ3v) is 4.97. The molecule has 6 heteroatoms. The summed E-state index contributed by atoms with van der Waals surface area (Å²) in [7, 11) is 0. The number of hydrogen-bond acceptors (Lipinski definition) is 3. The summed E-state index contributed by atoms with van der Waals surface area (Å²) in [5, 5.41) is 5.46. The zero-order valence-corrected chi connectivity index (χ0v) is 14.3. The highest BCUT2D eigenvalue weighted by molar-refractivity contribution is 7.09. The van der Waals surface area contributed by atoms with Crippen LogP contribution in [0.1, 0.15) is 17.7 Å². The van der Waals surface area contributed by atoms with Crippen LogP contribution in [0.3, 0.4) is 0 Å². The van der Waals surface area contributed by atoms with E-state index in [2.05, 4.69) is 5.32 Å². The number of halogens is 1. The van der Waals surface area contributed by atoms with E-state index < -0.39 is 0 Å². The van der Waals surface area contributed by atoms with E-state index in [1.165, 1.54) is 0 Å². The number of nitrogens with zero attached hydrogens (tertiary/aromatic N) is 1. The number of para-hydroxylation sites is 1. The maximum absolute atomic E-state index is 12.7. The lowest BCUT2D eigenvalue weighted by Gasteiger charge is -2.25. The molecule has 1 unspecified atom stereocenters. The molecular formula is C17H19ClN2O2S. The average molecular weight is 351 g/mol. The Morgan fingerprint density at radius 3 is 2.91 bits per heavy atom. The molecule has 1 N–H and O–H groups in total. The number of carbonyl (C=O) groups is 1. The van der Waals surface area contributed by atoms with Crippen molar-refractivity contribution in [1.82, 2.24) is 4.90 Å². The van der Waals surface area contributed by atoms with E-state index in [-0.39, 0.29) is 12.1 Å². The molecule has 1 saturated heterocycles. The van der Waals surface area contributed by atoms with Gasteiger partial charge in [0, 0.05) is 18.0 Å². The van der Waals surface area contributed by atoms with E-state index in [0.717, 1.165) is 24.3 Å². The summed E-state index contributed by atoms with van der Waals surface area (Å²) in [5.41, 5.74) is 0.627. The molecule has 0 aliphatic carbocycles. The highest BCUT2D eigenvalue weighted by atomic mass is 35.5. The van der Waals surface area contributed by atoms with Crippen molar-refractivity contribution >= 4 is 34.7 Å². The smallest absolute Gasteiger partial charge is 0.322 e. The molecule has 1 aromatic heterocycles. The summed E-state index contributed by atoms with van der Waals surface area (Å²) in [6.07, 6.45) is 2.18. The lowest BCUT2D eigenvalue weighted by Crippen LogP contribution is -2.39. The molecule has 1 aliphatic rings. The van der Waals surface area contributed by atoms with Crippen LogP contribution in [0.5, 0.6) is 0 Å². The molecule has 2 aromatic rings. The van der Waals surface area contributed by atoms with Crippen molar-refractivity contribution in [2.45, 2.75) is 25.5 Å². The number of carbonyl (C=O) groups excluding carboxylic acids is 1. The fourth-order valence-corrected chi connectivity index (χ4v) is 3.50. The summed E-state index contributed by atoms with van der Waals surface area (Å²) >= 11 is 7.78. The second-order valence-corrected chi connectivity index (χ2v) is 6.94. The van der Waals surface area contributed by atoms with Crippen molar-refractivity contribution in [1.29, 1.82) is 0 Å². The first kappa shape index (κ1) is 16.3. The molecule has 1 aromatic carbocycles. The summed E-state index contributed by atoms with van der Waals surface area (Å²) in [4.78, 5) is 15.6. The number of urea groups is 1. The van der Waals surface area contributed by atoms with Gasteiger partial charge in [-0.15, -0.1) is 11.3 Å². The first-order valence-electron chi connectivity index (χ1n) is 7.67. The molecule has 1 aliphatic heterocycles. The predicted molar refractivity (Wildman–Crippen MR) is 94.2 cm³/mol. The average Bonchev–Trinajstić information content (AvgIpc) is 3.22. The Kier molecular flexibility index (Phi) is 5.54. The van der Waals surface area contributed by atoms with Gasteiger partial charge in [0.15, 0.2) is 0 Å².